The molecule has 0 spiro atoms. The van der Waals surface area contributed by atoms with E-state index >= 15 is 0 Å². The van der Waals surface area contributed by atoms with Crippen LogP contribution in [0.15, 0.2) is 219 Å². The molecule has 250 valence electrons. The van der Waals surface area contributed by atoms with Gasteiger partial charge in [-0.15, -0.1) is 0 Å². The highest BCUT2D eigenvalue weighted by atomic mass is 15.1. The first kappa shape index (κ1) is 30.9. The minimum Gasteiger partial charge on any atom is -0.317 e. The van der Waals surface area contributed by atoms with Crippen molar-refractivity contribution in [2.24, 2.45) is 0 Å². The first-order valence-corrected chi connectivity index (χ1v) is 18.3. The topological polar surface area (TPSA) is 8.17 Å². The maximum Gasteiger partial charge on any atom is 0.0714 e. The molecule has 0 radical (unpaired) electrons. The smallest absolute Gasteiger partial charge is 0.0714 e. The van der Waals surface area contributed by atoms with Crippen LogP contribution in [0.25, 0.3) is 38.8 Å². The Hall–Kier alpha value is -6.90. The van der Waals surface area contributed by atoms with E-state index in [1.807, 2.05) is 0 Å². The third-order valence-corrected chi connectivity index (χ3v) is 10.9. The lowest BCUT2D eigenvalue weighted by atomic mass is 9.67. The SMILES string of the molecule is c1ccc(N(c2ccc(-c3ccc(-n4ccc5ccccc54)cc3)cc2)c2ccc3c(c2)C(c2ccccc2)(c2ccccc2)c2ccccc2-3)cc1. The number of fused-ring (bicyclic) bond motifs is 4. The lowest BCUT2D eigenvalue weighted by Gasteiger charge is -2.35. The van der Waals surface area contributed by atoms with Gasteiger partial charge in [-0.3, -0.25) is 0 Å². The number of rotatable bonds is 7. The molecular formula is C51H36N2. The summed E-state index contributed by atoms with van der Waals surface area (Å²) in [7, 11) is 0. The van der Waals surface area contributed by atoms with E-state index in [9.17, 15) is 0 Å². The molecule has 0 bridgehead atoms. The average molecular weight is 677 g/mol. The molecule has 2 nitrogen and oxygen atoms in total. The normalized spacial score (nSPS) is 12.7. The lowest BCUT2D eigenvalue weighted by molar-refractivity contribution is 0.768. The molecule has 10 rings (SSSR count). The molecule has 0 saturated heterocycles. The molecule has 1 aliphatic rings. The predicted molar refractivity (Wildman–Crippen MR) is 221 cm³/mol. The van der Waals surface area contributed by atoms with Crippen LogP contribution in [-0.2, 0) is 5.41 Å². The van der Waals surface area contributed by atoms with Gasteiger partial charge in [0, 0.05) is 28.9 Å². The molecule has 0 fully saturated rings. The Morgan fingerprint density at radius 3 is 1.60 bits per heavy atom. The van der Waals surface area contributed by atoms with Gasteiger partial charge in [-0.05, 0) is 111 Å². The molecule has 1 heterocycles. The van der Waals surface area contributed by atoms with Crippen molar-refractivity contribution in [2.75, 3.05) is 4.90 Å². The first-order valence-electron chi connectivity index (χ1n) is 18.3. The molecule has 2 heteroatoms. The summed E-state index contributed by atoms with van der Waals surface area (Å²) in [6.45, 7) is 0. The van der Waals surface area contributed by atoms with Crippen molar-refractivity contribution in [3.63, 3.8) is 0 Å². The lowest BCUT2D eigenvalue weighted by Crippen LogP contribution is -2.28. The minimum absolute atomic E-state index is 0.463. The van der Waals surface area contributed by atoms with Crippen LogP contribution in [0.2, 0.25) is 0 Å². The Morgan fingerprint density at radius 2 is 0.906 bits per heavy atom. The van der Waals surface area contributed by atoms with Crippen LogP contribution >= 0.6 is 0 Å². The summed E-state index contributed by atoms with van der Waals surface area (Å²) in [5, 5.41) is 1.24. The molecule has 0 aliphatic heterocycles. The number of benzene rings is 8. The van der Waals surface area contributed by atoms with Crippen molar-refractivity contribution >= 4 is 28.0 Å². The van der Waals surface area contributed by atoms with Gasteiger partial charge in [0.2, 0.25) is 0 Å². The average Bonchev–Trinajstić information content (AvgIpc) is 3.80. The zero-order valence-corrected chi connectivity index (χ0v) is 29.2. The summed E-state index contributed by atoms with van der Waals surface area (Å²) < 4.78 is 2.25. The first-order chi connectivity index (χ1) is 26.3. The standard InChI is InChI=1S/C51H36N2/c1-4-15-40(16-5-1)51(41-17-6-2-7-18-41)48-22-12-11-21-46(48)47-33-32-45(36-49(47)51)53(43-19-8-3-9-20-43)44-30-26-38(27-31-44)37-24-28-42(29-25-37)52-35-34-39-14-10-13-23-50(39)52/h1-36H. The van der Waals surface area contributed by atoms with E-state index in [0.29, 0.717) is 0 Å². The Bertz CT molecular complexity index is 2650. The van der Waals surface area contributed by atoms with Crippen LogP contribution in [-0.4, -0.2) is 4.57 Å². The quantitative estimate of drug-likeness (QED) is 0.163. The number of anilines is 3. The largest absolute Gasteiger partial charge is 0.317 e. The van der Waals surface area contributed by atoms with Gasteiger partial charge in [0.1, 0.15) is 0 Å². The van der Waals surface area contributed by atoms with Gasteiger partial charge in [-0.2, -0.15) is 0 Å². The summed E-state index contributed by atoms with van der Waals surface area (Å²) in [6, 6.07) is 77.2. The highest BCUT2D eigenvalue weighted by Crippen LogP contribution is 2.57. The monoisotopic (exact) mass is 676 g/mol. The van der Waals surface area contributed by atoms with Crippen LogP contribution in [0.4, 0.5) is 17.1 Å². The van der Waals surface area contributed by atoms with Crippen molar-refractivity contribution in [2.45, 2.75) is 5.41 Å². The fourth-order valence-electron chi connectivity index (χ4n) is 8.52. The summed E-state index contributed by atoms with van der Waals surface area (Å²) in [4.78, 5) is 2.38. The summed E-state index contributed by atoms with van der Waals surface area (Å²) in [6.07, 6.45) is 2.15. The van der Waals surface area contributed by atoms with Crippen molar-refractivity contribution in [3.05, 3.63) is 241 Å². The zero-order chi connectivity index (χ0) is 35.2. The van der Waals surface area contributed by atoms with Gasteiger partial charge in [0.25, 0.3) is 0 Å². The van der Waals surface area contributed by atoms with E-state index in [2.05, 4.69) is 228 Å². The Morgan fingerprint density at radius 1 is 0.377 bits per heavy atom. The van der Waals surface area contributed by atoms with Crippen LogP contribution in [0.1, 0.15) is 22.3 Å². The van der Waals surface area contributed by atoms with Gasteiger partial charge in [0.15, 0.2) is 0 Å². The number of hydrogen-bond donors (Lipinski definition) is 0. The van der Waals surface area contributed by atoms with Crippen LogP contribution in [0.5, 0.6) is 0 Å². The van der Waals surface area contributed by atoms with E-state index in [1.54, 1.807) is 0 Å². The Labute approximate surface area is 310 Å². The number of nitrogens with zero attached hydrogens (tertiary/aromatic N) is 2. The van der Waals surface area contributed by atoms with E-state index in [1.165, 1.54) is 55.4 Å². The summed E-state index contributed by atoms with van der Waals surface area (Å²) in [5.74, 6) is 0. The van der Waals surface area contributed by atoms with E-state index in [-0.39, 0.29) is 0 Å². The van der Waals surface area contributed by atoms with Gasteiger partial charge < -0.3 is 9.47 Å². The second-order valence-electron chi connectivity index (χ2n) is 13.8. The highest BCUT2D eigenvalue weighted by molar-refractivity contribution is 5.90. The van der Waals surface area contributed by atoms with Crippen molar-refractivity contribution in [3.8, 4) is 27.9 Å². The molecule has 0 amide bonds. The minimum atomic E-state index is -0.463. The van der Waals surface area contributed by atoms with E-state index < -0.39 is 5.41 Å². The van der Waals surface area contributed by atoms with Crippen LogP contribution in [0.3, 0.4) is 0 Å². The molecular weight excluding hydrogens is 641 g/mol. The Kier molecular flexibility index (Phi) is 7.40. The maximum absolute atomic E-state index is 2.43. The summed E-state index contributed by atoms with van der Waals surface area (Å²) in [5.41, 5.74) is 15.3. The molecule has 1 aromatic heterocycles. The van der Waals surface area contributed by atoms with Gasteiger partial charge in [-0.1, -0.05) is 152 Å². The fraction of sp³-hybridized carbons (Fsp3) is 0.0196. The second kappa shape index (κ2) is 12.7. The van der Waals surface area contributed by atoms with E-state index in [4.69, 9.17) is 0 Å². The van der Waals surface area contributed by atoms with E-state index in [0.717, 1.165) is 22.7 Å². The summed E-state index contributed by atoms with van der Waals surface area (Å²) >= 11 is 0. The molecule has 0 N–H and O–H groups in total. The van der Waals surface area contributed by atoms with Crippen molar-refractivity contribution in [1.82, 2.24) is 4.57 Å². The van der Waals surface area contributed by atoms with Crippen molar-refractivity contribution in [1.29, 1.82) is 0 Å². The fourth-order valence-corrected chi connectivity index (χ4v) is 8.52. The molecule has 0 unspecified atom stereocenters. The Balaban J connectivity index is 1.08. The molecule has 0 atom stereocenters. The number of aromatic nitrogens is 1. The van der Waals surface area contributed by atoms with Gasteiger partial charge >= 0.3 is 0 Å². The molecule has 1 aliphatic carbocycles. The van der Waals surface area contributed by atoms with Crippen molar-refractivity contribution < 1.29 is 0 Å². The third kappa shape index (κ3) is 5.03. The molecule has 8 aromatic carbocycles. The van der Waals surface area contributed by atoms with Gasteiger partial charge in [-0.25, -0.2) is 0 Å². The number of hydrogen-bond acceptors (Lipinski definition) is 1. The van der Waals surface area contributed by atoms with Crippen LogP contribution < -0.4 is 4.90 Å². The third-order valence-electron chi connectivity index (χ3n) is 10.9. The molecule has 9 aromatic rings. The number of para-hydroxylation sites is 2. The molecule has 53 heavy (non-hydrogen) atoms. The zero-order valence-electron chi connectivity index (χ0n) is 29.2. The highest BCUT2D eigenvalue weighted by Gasteiger charge is 2.46. The van der Waals surface area contributed by atoms with Gasteiger partial charge in [0.05, 0.1) is 10.9 Å². The van der Waals surface area contributed by atoms with Crippen LogP contribution in [0, 0.1) is 0 Å². The second-order valence-corrected chi connectivity index (χ2v) is 13.8. The predicted octanol–water partition coefficient (Wildman–Crippen LogP) is 13.1. The molecule has 0 saturated carbocycles. The maximum atomic E-state index is 2.43.